The summed E-state index contributed by atoms with van der Waals surface area (Å²) in [6.45, 7) is -0.554. The van der Waals surface area contributed by atoms with Crippen molar-refractivity contribution in [1.82, 2.24) is 4.90 Å². The van der Waals surface area contributed by atoms with Crippen molar-refractivity contribution in [3.8, 4) is 0 Å². The Morgan fingerprint density at radius 2 is 2.12 bits per heavy atom. The number of nitro groups is 1. The first kappa shape index (κ1) is 18.8. The lowest BCUT2D eigenvalue weighted by molar-refractivity contribution is -0.385. The number of esters is 1. The number of β-amino-alcohol motifs (C(OH)–C–C–N with tert-alkyl or cyclic N) is 1. The third-order valence-electron chi connectivity index (χ3n) is 3.28. The average Bonchev–Trinajstić information content (AvgIpc) is 2.83. The minimum absolute atomic E-state index is 0.108. The van der Waals surface area contributed by atoms with Crippen molar-refractivity contribution < 1.29 is 29.2 Å². The summed E-state index contributed by atoms with van der Waals surface area (Å²) in [6.07, 6.45) is 1.02. The van der Waals surface area contributed by atoms with Gasteiger partial charge in [0.25, 0.3) is 17.5 Å². The number of amides is 2. The van der Waals surface area contributed by atoms with Crippen molar-refractivity contribution >= 4 is 51.7 Å². The smallest absolute Gasteiger partial charge is 0.340 e. The summed E-state index contributed by atoms with van der Waals surface area (Å²) in [5.41, 5.74) is -0.477. The Kier molecular flexibility index (Phi) is 5.69. The molecule has 1 aliphatic heterocycles. The van der Waals surface area contributed by atoms with E-state index in [-0.39, 0.29) is 39.4 Å². The minimum Gasteiger partial charge on any atom is -0.465 e. The van der Waals surface area contributed by atoms with Gasteiger partial charge in [0.1, 0.15) is 5.70 Å². The number of anilines is 1. The Morgan fingerprint density at radius 1 is 1.44 bits per heavy atom. The van der Waals surface area contributed by atoms with Gasteiger partial charge >= 0.3 is 5.97 Å². The second kappa shape index (κ2) is 7.57. The number of non-ortho nitro benzene ring substituents is 1. The molecule has 0 radical (unpaired) electrons. The largest absolute Gasteiger partial charge is 0.465 e. The summed E-state index contributed by atoms with van der Waals surface area (Å²) in [5, 5.41) is 22.5. The molecule has 0 aromatic heterocycles. The summed E-state index contributed by atoms with van der Waals surface area (Å²) in [6, 6.07) is 2.23. The maximum absolute atomic E-state index is 12.2. The number of nitro benzene ring substituents is 1. The molecule has 11 heteroatoms. The Hall–Kier alpha value is -2.54. The van der Waals surface area contributed by atoms with E-state index >= 15 is 0 Å². The van der Waals surface area contributed by atoms with E-state index in [1.54, 1.807) is 22.6 Å². The van der Waals surface area contributed by atoms with Gasteiger partial charge in [0.15, 0.2) is 0 Å². The molecule has 132 valence electrons. The molecule has 1 heterocycles. The van der Waals surface area contributed by atoms with Crippen LogP contribution in [0.4, 0.5) is 11.4 Å². The van der Waals surface area contributed by atoms with Crippen LogP contribution in [0.3, 0.4) is 0 Å². The predicted molar refractivity (Wildman–Crippen MR) is 92.7 cm³/mol. The number of nitrogens with one attached hydrogen (secondary N) is 1. The van der Waals surface area contributed by atoms with E-state index < -0.39 is 22.7 Å². The van der Waals surface area contributed by atoms with Gasteiger partial charge in [-0.3, -0.25) is 24.6 Å². The molecule has 0 fully saturated rings. The van der Waals surface area contributed by atoms with E-state index in [1.165, 1.54) is 6.07 Å². The molecular formula is C14H12IN3O7. The van der Waals surface area contributed by atoms with Gasteiger partial charge in [-0.05, 0) is 22.6 Å². The Morgan fingerprint density at radius 3 is 2.68 bits per heavy atom. The molecule has 2 N–H and O–H groups in total. The number of rotatable bonds is 6. The van der Waals surface area contributed by atoms with E-state index in [4.69, 9.17) is 5.11 Å². The fourth-order valence-corrected chi connectivity index (χ4v) is 2.88. The second-order valence-corrected chi connectivity index (χ2v) is 5.96. The van der Waals surface area contributed by atoms with Crippen molar-refractivity contribution in [2.24, 2.45) is 0 Å². The highest BCUT2D eigenvalue weighted by Gasteiger charge is 2.32. The first-order chi connectivity index (χ1) is 11.8. The molecule has 0 unspecified atom stereocenters. The van der Waals surface area contributed by atoms with Crippen molar-refractivity contribution in [2.75, 3.05) is 25.6 Å². The van der Waals surface area contributed by atoms with Crippen molar-refractivity contribution in [3.05, 3.63) is 43.2 Å². The summed E-state index contributed by atoms with van der Waals surface area (Å²) >= 11 is 1.76. The molecular weight excluding hydrogens is 449 g/mol. The maximum atomic E-state index is 12.2. The van der Waals surface area contributed by atoms with Crippen LogP contribution in [0.5, 0.6) is 0 Å². The van der Waals surface area contributed by atoms with Gasteiger partial charge in [0, 0.05) is 21.8 Å². The number of ether oxygens (including phenoxy) is 1. The van der Waals surface area contributed by atoms with Gasteiger partial charge in [-0.2, -0.15) is 0 Å². The number of aliphatic hydroxyl groups excluding tert-OH is 1. The van der Waals surface area contributed by atoms with Crippen molar-refractivity contribution in [2.45, 2.75) is 0 Å². The number of hydrogen-bond donors (Lipinski definition) is 2. The monoisotopic (exact) mass is 461 g/mol. The van der Waals surface area contributed by atoms with Crippen LogP contribution < -0.4 is 5.32 Å². The van der Waals surface area contributed by atoms with Crippen LogP contribution in [0.25, 0.3) is 0 Å². The molecule has 0 atom stereocenters. The lowest BCUT2D eigenvalue weighted by atomic mass is 10.1. The van der Waals surface area contributed by atoms with E-state index in [2.05, 4.69) is 10.1 Å². The van der Waals surface area contributed by atoms with Crippen molar-refractivity contribution in [1.29, 1.82) is 0 Å². The van der Waals surface area contributed by atoms with Gasteiger partial charge in [0.2, 0.25) is 0 Å². The topological polar surface area (TPSA) is 139 Å². The van der Waals surface area contributed by atoms with Crippen LogP contribution in [0.2, 0.25) is 0 Å². The van der Waals surface area contributed by atoms with Crippen LogP contribution >= 0.6 is 22.6 Å². The second-order valence-electron chi connectivity index (χ2n) is 4.80. The number of hydrogen-bond acceptors (Lipinski definition) is 8. The minimum atomic E-state index is -0.839. The Bertz CT molecular complexity index is 806. The van der Waals surface area contributed by atoms with Crippen LogP contribution in [0, 0.1) is 13.7 Å². The highest BCUT2D eigenvalue weighted by atomic mass is 127. The molecule has 2 rings (SSSR count). The van der Waals surface area contributed by atoms with E-state index in [9.17, 15) is 24.5 Å². The number of aliphatic hydroxyl groups is 1. The van der Waals surface area contributed by atoms with Crippen LogP contribution in [-0.2, 0) is 14.3 Å². The molecule has 10 nitrogen and oxygen atoms in total. The summed E-state index contributed by atoms with van der Waals surface area (Å²) in [4.78, 5) is 47.0. The van der Waals surface area contributed by atoms with Crippen LogP contribution in [0.15, 0.2) is 23.9 Å². The zero-order valence-electron chi connectivity index (χ0n) is 12.8. The van der Waals surface area contributed by atoms with Gasteiger partial charge < -0.3 is 15.2 Å². The number of carbonyl (C=O) groups excluding carboxylic acids is 3. The SMILES string of the molecule is COC(=O)c1cc([N+](=O)[O-])cc(I)c1NC1=CC(=O)N(CCO)C1=O. The molecule has 0 bridgehead atoms. The molecule has 0 aliphatic carbocycles. The highest BCUT2D eigenvalue weighted by Crippen LogP contribution is 2.31. The van der Waals surface area contributed by atoms with E-state index in [0.29, 0.717) is 0 Å². The molecule has 25 heavy (non-hydrogen) atoms. The third-order valence-corrected chi connectivity index (χ3v) is 4.13. The number of benzene rings is 1. The Balaban J connectivity index is 2.44. The normalized spacial score (nSPS) is 13.7. The molecule has 2 amide bonds. The third kappa shape index (κ3) is 3.76. The lowest BCUT2D eigenvalue weighted by Gasteiger charge is -2.15. The number of halogens is 1. The molecule has 0 spiro atoms. The first-order valence-electron chi connectivity index (χ1n) is 6.81. The summed E-state index contributed by atoms with van der Waals surface area (Å²) in [5.74, 6) is -2.13. The maximum Gasteiger partial charge on any atom is 0.340 e. The zero-order chi connectivity index (χ0) is 18.7. The van der Waals surface area contributed by atoms with E-state index in [0.717, 1.165) is 24.2 Å². The van der Waals surface area contributed by atoms with Gasteiger partial charge in [0.05, 0.1) is 36.4 Å². The zero-order valence-corrected chi connectivity index (χ0v) is 15.0. The number of carbonyl (C=O) groups is 3. The first-order valence-corrected chi connectivity index (χ1v) is 7.89. The average molecular weight is 461 g/mol. The summed E-state index contributed by atoms with van der Waals surface area (Å²) in [7, 11) is 1.12. The fourth-order valence-electron chi connectivity index (χ4n) is 2.14. The molecule has 0 saturated carbocycles. The molecule has 0 saturated heterocycles. The number of imide groups is 1. The Labute approximate surface area is 154 Å². The van der Waals surface area contributed by atoms with Crippen molar-refractivity contribution in [3.63, 3.8) is 0 Å². The van der Waals surface area contributed by atoms with Crippen LogP contribution in [-0.4, -0.2) is 53.0 Å². The fraction of sp³-hybridized carbons (Fsp3) is 0.214. The standard InChI is InChI=1S/C14H12IN3O7/c1-25-14(22)8-4-7(18(23)24)5-9(15)12(8)16-10-6-11(20)17(2-3-19)13(10)21/h4-6,16,19H,2-3H2,1H3. The summed E-state index contributed by atoms with van der Waals surface area (Å²) < 4.78 is 4.91. The number of nitrogens with zero attached hydrogens (tertiary/aromatic N) is 2. The molecule has 1 aromatic carbocycles. The highest BCUT2D eigenvalue weighted by molar-refractivity contribution is 14.1. The van der Waals surface area contributed by atoms with Gasteiger partial charge in [-0.15, -0.1) is 0 Å². The quantitative estimate of drug-likeness (QED) is 0.207. The van der Waals surface area contributed by atoms with Gasteiger partial charge in [-0.1, -0.05) is 0 Å². The molecule has 1 aliphatic rings. The van der Waals surface area contributed by atoms with E-state index in [1.807, 2.05) is 0 Å². The molecule has 1 aromatic rings. The van der Waals surface area contributed by atoms with Crippen LogP contribution in [0.1, 0.15) is 10.4 Å². The lowest BCUT2D eigenvalue weighted by Crippen LogP contribution is -2.34. The van der Waals surface area contributed by atoms with Gasteiger partial charge in [-0.25, -0.2) is 4.79 Å². The number of methoxy groups -OCH3 is 1. The predicted octanol–water partition coefficient (Wildman–Crippen LogP) is 0.643.